The van der Waals surface area contributed by atoms with Gasteiger partial charge in [-0.05, 0) is 60.9 Å². The summed E-state index contributed by atoms with van der Waals surface area (Å²) in [5, 5.41) is 4.74. The predicted molar refractivity (Wildman–Crippen MR) is 59.5 cm³/mol. The first-order valence-electron chi connectivity index (χ1n) is 5.62. The molecule has 2 aliphatic rings. The highest BCUT2D eigenvalue weighted by molar-refractivity contribution is 9.10. The van der Waals surface area contributed by atoms with Crippen molar-refractivity contribution in [2.45, 2.75) is 51.0 Å². The highest BCUT2D eigenvalue weighted by Crippen LogP contribution is 2.37. The van der Waals surface area contributed by atoms with E-state index in [0.717, 1.165) is 0 Å². The van der Waals surface area contributed by atoms with Gasteiger partial charge in [0, 0.05) is 5.56 Å². The lowest BCUT2D eigenvalue weighted by Crippen LogP contribution is -2.18. The van der Waals surface area contributed by atoms with Gasteiger partial charge in [0.15, 0.2) is 0 Å². The molecule has 0 atom stereocenters. The van der Waals surface area contributed by atoms with Crippen LogP contribution in [0.2, 0.25) is 0 Å². The summed E-state index contributed by atoms with van der Waals surface area (Å²) < 4.78 is 3.51. The molecule has 3 rings (SSSR count). The van der Waals surface area contributed by atoms with Crippen molar-refractivity contribution in [2.24, 2.45) is 0 Å². The fraction of sp³-hybridized carbons (Fsp3) is 0.727. The Morgan fingerprint density at radius 1 is 1.14 bits per heavy atom. The van der Waals surface area contributed by atoms with Crippen molar-refractivity contribution in [2.75, 3.05) is 0 Å². The third-order valence-electron chi connectivity index (χ3n) is 3.54. The quantitative estimate of drug-likeness (QED) is 0.753. The minimum Gasteiger partial charge on any atom is -0.255 e. The van der Waals surface area contributed by atoms with Crippen LogP contribution in [0.3, 0.4) is 0 Å². The van der Waals surface area contributed by atoms with Crippen molar-refractivity contribution in [1.82, 2.24) is 9.78 Å². The van der Waals surface area contributed by atoms with Crippen molar-refractivity contribution < 1.29 is 0 Å². The van der Waals surface area contributed by atoms with Gasteiger partial charge in [-0.3, -0.25) is 4.68 Å². The van der Waals surface area contributed by atoms with E-state index in [-0.39, 0.29) is 0 Å². The second kappa shape index (κ2) is 3.37. The molecule has 0 unspecified atom stereocenters. The Kier molecular flexibility index (Phi) is 2.15. The largest absolute Gasteiger partial charge is 0.255 e. The Morgan fingerprint density at radius 2 is 1.93 bits per heavy atom. The maximum absolute atomic E-state index is 4.74. The Bertz CT molecular complexity index is 352. The molecule has 0 radical (unpaired) electrons. The molecule has 2 nitrogen and oxygen atoms in total. The molecule has 1 aromatic rings. The van der Waals surface area contributed by atoms with Gasteiger partial charge >= 0.3 is 0 Å². The standard InChI is InChI=1S/C11H15BrN2/c12-11-9-6-1-2-7-10(9)13-14(11)8-4-3-5-8/h8H,1-7H2. The van der Waals surface area contributed by atoms with Gasteiger partial charge < -0.3 is 0 Å². The van der Waals surface area contributed by atoms with Crippen LogP contribution in [0.1, 0.15) is 49.4 Å². The average Bonchev–Trinajstić information content (AvgIpc) is 2.43. The molecule has 1 heterocycles. The van der Waals surface area contributed by atoms with Crippen molar-refractivity contribution >= 4 is 15.9 Å². The summed E-state index contributed by atoms with van der Waals surface area (Å²) in [6.07, 6.45) is 9.08. The topological polar surface area (TPSA) is 17.8 Å². The maximum atomic E-state index is 4.74. The van der Waals surface area contributed by atoms with Gasteiger partial charge in [0.25, 0.3) is 0 Å². The molecule has 14 heavy (non-hydrogen) atoms. The second-order valence-corrected chi connectivity index (χ2v) is 5.20. The SMILES string of the molecule is Brc1c2c(nn1C1CCC1)CCCC2. The summed E-state index contributed by atoms with van der Waals surface area (Å²) >= 11 is 3.71. The Morgan fingerprint density at radius 3 is 2.57 bits per heavy atom. The van der Waals surface area contributed by atoms with Gasteiger partial charge in [-0.1, -0.05) is 0 Å². The molecule has 0 N–H and O–H groups in total. The van der Waals surface area contributed by atoms with Crippen molar-refractivity contribution in [3.8, 4) is 0 Å². The fourth-order valence-corrected chi connectivity index (χ4v) is 3.20. The average molecular weight is 255 g/mol. The van der Waals surface area contributed by atoms with E-state index in [9.17, 15) is 0 Å². The number of rotatable bonds is 1. The first kappa shape index (κ1) is 8.96. The molecule has 1 saturated carbocycles. The molecule has 0 amide bonds. The summed E-state index contributed by atoms with van der Waals surface area (Å²) in [7, 11) is 0. The molecule has 1 aromatic heterocycles. The van der Waals surface area contributed by atoms with Crippen LogP contribution in [0.5, 0.6) is 0 Å². The van der Waals surface area contributed by atoms with E-state index >= 15 is 0 Å². The minimum atomic E-state index is 0.690. The normalized spacial score (nSPS) is 21.8. The van der Waals surface area contributed by atoms with Crippen molar-refractivity contribution in [3.63, 3.8) is 0 Å². The number of nitrogens with zero attached hydrogens (tertiary/aromatic N) is 2. The van der Waals surface area contributed by atoms with E-state index in [0.29, 0.717) is 6.04 Å². The zero-order valence-electron chi connectivity index (χ0n) is 8.30. The Balaban J connectivity index is 2.00. The van der Waals surface area contributed by atoms with E-state index < -0.39 is 0 Å². The van der Waals surface area contributed by atoms with E-state index in [1.165, 1.54) is 60.8 Å². The summed E-state index contributed by atoms with van der Waals surface area (Å²) in [6, 6.07) is 0.690. The van der Waals surface area contributed by atoms with E-state index in [2.05, 4.69) is 20.6 Å². The van der Waals surface area contributed by atoms with Crippen LogP contribution in [0, 0.1) is 0 Å². The van der Waals surface area contributed by atoms with Gasteiger partial charge in [-0.15, -0.1) is 0 Å². The van der Waals surface area contributed by atoms with Gasteiger partial charge in [0.2, 0.25) is 0 Å². The summed E-state index contributed by atoms with van der Waals surface area (Å²) in [5.74, 6) is 0. The zero-order valence-corrected chi connectivity index (χ0v) is 9.89. The Labute approximate surface area is 92.8 Å². The number of fused-ring (bicyclic) bond motifs is 1. The monoisotopic (exact) mass is 254 g/mol. The van der Waals surface area contributed by atoms with Crippen LogP contribution in [-0.2, 0) is 12.8 Å². The first-order chi connectivity index (χ1) is 6.86. The minimum absolute atomic E-state index is 0.690. The molecule has 0 aromatic carbocycles. The molecule has 2 aliphatic carbocycles. The number of aryl methyl sites for hydroxylation is 1. The van der Waals surface area contributed by atoms with Crippen LogP contribution < -0.4 is 0 Å². The molecule has 1 fully saturated rings. The fourth-order valence-electron chi connectivity index (χ4n) is 2.41. The first-order valence-corrected chi connectivity index (χ1v) is 6.41. The van der Waals surface area contributed by atoms with Gasteiger partial charge in [-0.25, -0.2) is 0 Å². The van der Waals surface area contributed by atoms with Gasteiger partial charge in [-0.2, -0.15) is 5.10 Å². The lowest BCUT2D eigenvalue weighted by molar-refractivity contribution is 0.284. The molecule has 0 saturated heterocycles. The Hall–Kier alpha value is -0.310. The number of hydrogen-bond acceptors (Lipinski definition) is 1. The molecule has 3 heteroatoms. The number of halogens is 1. The third kappa shape index (κ3) is 1.25. The number of aromatic nitrogens is 2. The molecule has 76 valence electrons. The number of hydrogen-bond donors (Lipinski definition) is 0. The maximum Gasteiger partial charge on any atom is 0.107 e. The van der Waals surface area contributed by atoms with Crippen molar-refractivity contribution in [3.05, 3.63) is 15.9 Å². The molecule has 0 aliphatic heterocycles. The van der Waals surface area contributed by atoms with Gasteiger partial charge in [0.1, 0.15) is 4.60 Å². The zero-order chi connectivity index (χ0) is 9.54. The van der Waals surface area contributed by atoms with Crippen LogP contribution in [0.25, 0.3) is 0 Å². The lowest BCUT2D eigenvalue weighted by atomic mass is 9.93. The highest BCUT2D eigenvalue weighted by Gasteiger charge is 2.26. The van der Waals surface area contributed by atoms with Crippen LogP contribution >= 0.6 is 15.9 Å². The summed E-state index contributed by atoms with van der Waals surface area (Å²) in [4.78, 5) is 0. The smallest absolute Gasteiger partial charge is 0.107 e. The van der Waals surface area contributed by atoms with E-state index in [4.69, 9.17) is 5.10 Å². The lowest BCUT2D eigenvalue weighted by Gasteiger charge is -2.26. The predicted octanol–water partition coefficient (Wildman–Crippen LogP) is 3.25. The third-order valence-corrected chi connectivity index (χ3v) is 4.38. The van der Waals surface area contributed by atoms with Crippen molar-refractivity contribution in [1.29, 1.82) is 0 Å². The van der Waals surface area contributed by atoms with Crippen LogP contribution in [0.4, 0.5) is 0 Å². The van der Waals surface area contributed by atoms with Gasteiger partial charge in [0.05, 0.1) is 11.7 Å². The molecule has 0 spiro atoms. The van der Waals surface area contributed by atoms with Crippen LogP contribution in [-0.4, -0.2) is 9.78 Å². The summed E-state index contributed by atoms with van der Waals surface area (Å²) in [6.45, 7) is 0. The van der Waals surface area contributed by atoms with E-state index in [1.807, 2.05) is 0 Å². The van der Waals surface area contributed by atoms with E-state index in [1.54, 1.807) is 0 Å². The molecular weight excluding hydrogens is 240 g/mol. The molecule has 0 bridgehead atoms. The highest BCUT2D eigenvalue weighted by atomic mass is 79.9. The second-order valence-electron chi connectivity index (χ2n) is 4.45. The van der Waals surface area contributed by atoms with Crippen LogP contribution in [0.15, 0.2) is 4.60 Å². The summed E-state index contributed by atoms with van der Waals surface area (Å²) in [5.41, 5.74) is 2.85. The molecular formula is C11H15BrN2.